The van der Waals surface area contributed by atoms with Gasteiger partial charge in [-0.15, -0.1) is 0 Å². The van der Waals surface area contributed by atoms with E-state index >= 15 is 0 Å². The van der Waals surface area contributed by atoms with Gasteiger partial charge in [-0.2, -0.15) is 0 Å². The van der Waals surface area contributed by atoms with Gasteiger partial charge in [0.15, 0.2) is 5.11 Å². The molecular formula is C15H22N2OS. The quantitative estimate of drug-likeness (QED) is 0.805. The van der Waals surface area contributed by atoms with E-state index in [4.69, 9.17) is 17.0 Å². The first-order valence-corrected chi connectivity index (χ1v) is 7.34. The molecule has 0 amide bonds. The van der Waals surface area contributed by atoms with Crippen LogP contribution in [0.15, 0.2) is 24.3 Å². The van der Waals surface area contributed by atoms with E-state index in [0.29, 0.717) is 0 Å². The highest BCUT2D eigenvalue weighted by molar-refractivity contribution is 7.80. The molecule has 1 fully saturated rings. The van der Waals surface area contributed by atoms with E-state index in [2.05, 4.69) is 17.1 Å². The highest BCUT2D eigenvalue weighted by Crippen LogP contribution is 2.30. The molecule has 1 saturated carbocycles. The number of nitrogens with zero attached hydrogens (tertiary/aromatic N) is 1. The molecule has 0 spiro atoms. The van der Waals surface area contributed by atoms with Crippen LogP contribution in [0.25, 0.3) is 0 Å². The van der Waals surface area contributed by atoms with E-state index in [9.17, 15) is 0 Å². The topological polar surface area (TPSA) is 24.5 Å². The monoisotopic (exact) mass is 278 g/mol. The van der Waals surface area contributed by atoms with Gasteiger partial charge in [-0.25, -0.2) is 0 Å². The smallest absolute Gasteiger partial charge is 0.173 e. The first-order chi connectivity index (χ1) is 9.24. The number of ether oxygens (including phenoxy) is 1. The van der Waals surface area contributed by atoms with Crippen molar-refractivity contribution in [2.45, 2.75) is 26.2 Å². The molecule has 1 aromatic carbocycles. The number of hydrogen-bond acceptors (Lipinski definition) is 2. The van der Waals surface area contributed by atoms with Crippen molar-refractivity contribution in [1.29, 1.82) is 0 Å². The summed E-state index contributed by atoms with van der Waals surface area (Å²) in [5.41, 5.74) is 0.937. The third-order valence-electron chi connectivity index (χ3n) is 3.30. The van der Waals surface area contributed by atoms with Gasteiger partial charge in [-0.3, -0.25) is 0 Å². The molecule has 0 aromatic heterocycles. The Morgan fingerprint density at radius 2 is 2.16 bits per heavy atom. The summed E-state index contributed by atoms with van der Waals surface area (Å²) < 4.78 is 5.34. The molecule has 1 N–H and O–H groups in total. The van der Waals surface area contributed by atoms with Crippen molar-refractivity contribution in [3.05, 3.63) is 24.3 Å². The SMILES string of the molecule is CCCN(CC1CC1)C(=S)Nc1ccccc1OC. The Balaban J connectivity index is 2.00. The lowest BCUT2D eigenvalue weighted by atomic mass is 10.3. The summed E-state index contributed by atoms with van der Waals surface area (Å²) in [6.45, 7) is 4.28. The summed E-state index contributed by atoms with van der Waals surface area (Å²) in [4.78, 5) is 2.28. The fourth-order valence-electron chi connectivity index (χ4n) is 2.10. The van der Waals surface area contributed by atoms with Crippen molar-refractivity contribution < 1.29 is 4.74 Å². The van der Waals surface area contributed by atoms with Crippen molar-refractivity contribution in [2.24, 2.45) is 5.92 Å². The summed E-state index contributed by atoms with van der Waals surface area (Å²) in [7, 11) is 1.68. The first-order valence-electron chi connectivity index (χ1n) is 6.93. The van der Waals surface area contributed by atoms with Crippen LogP contribution in [0, 0.1) is 5.92 Å². The van der Waals surface area contributed by atoms with Crippen LogP contribution in [-0.4, -0.2) is 30.2 Å². The lowest BCUT2D eigenvalue weighted by molar-refractivity contribution is 0.403. The highest BCUT2D eigenvalue weighted by atomic mass is 32.1. The molecule has 0 aliphatic heterocycles. The maximum absolute atomic E-state index is 5.54. The number of thiocarbonyl (C=S) groups is 1. The predicted molar refractivity (Wildman–Crippen MR) is 83.8 cm³/mol. The number of benzene rings is 1. The van der Waals surface area contributed by atoms with Crippen LogP contribution in [0.3, 0.4) is 0 Å². The van der Waals surface area contributed by atoms with Gasteiger partial charge >= 0.3 is 0 Å². The molecule has 4 heteroatoms. The molecule has 0 heterocycles. The minimum Gasteiger partial charge on any atom is -0.495 e. The summed E-state index contributed by atoms with van der Waals surface area (Å²) in [5, 5.41) is 4.12. The number of anilines is 1. The van der Waals surface area contributed by atoms with Gasteiger partial charge in [-0.1, -0.05) is 19.1 Å². The molecule has 19 heavy (non-hydrogen) atoms. The molecule has 1 aliphatic rings. The normalized spacial score (nSPS) is 14.0. The maximum atomic E-state index is 5.54. The molecule has 1 aromatic rings. The van der Waals surface area contributed by atoms with Crippen LogP contribution in [0.4, 0.5) is 5.69 Å². The van der Waals surface area contributed by atoms with Crippen LogP contribution in [0.5, 0.6) is 5.75 Å². The Bertz CT molecular complexity index is 432. The van der Waals surface area contributed by atoms with Crippen molar-refractivity contribution in [1.82, 2.24) is 4.90 Å². The van der Waals surface area contributed by atoms with E-state index in [1.807, 2.05) is 24.3 Å². The van der Waals surface area contributed by atoms with Gasteiger partial charge < -0.3 is 15.0 Å². The second kappa shape index (κ2) is 6.75. The van der Waals surface area contributed by atoms with Gasteiger partial charge in [0.25, 0.3) is 0 Å². The minimum absolute atomic E-state index is 0.804. The predicted octanol–water partition coefficient (Wildman–Crippen LogP) is 3.51. The zero-order valence-corrected chi connectivity index (χ0v) is 12.5. The van der Waals surface area contributed by atoms with Crippen molar-refractivity contribution in [3.8, 4) is 5.75 Å². The maximum Gasteiger partial charge on any atom is 0.173 e. The lowest BCUT2D eigenvalue weighted by Gasteiger charge is -2.26. The van der Waals surface area contributed by atoms with Crippen LogP contribution in [0.2, 0.25) is 0 Å². The van der Waals surface area contributed by atoms with E-state index in [-0.39, 0.29) is 0 Å². The summed E-state index contributed by atoms with van der Waals surface area (Å²) >= 11 is 5.54. The largest absolute Gasteiger partial charge is 0.495 e. The minimum atomic E-state index is 0.804. The zero-order chi connectivity index (χ0) is 13.7. The van der Waals surface area contributed by atoms with E-state index < -0.39 is 0 Å². The molecular weight excluding hydrogens is 256 g/mol. The fourth-order valence-corrected chi connectivity index (χ4v) is 2.38. The van der Waals surface area contributed by atoms with Gasteiger partial charge in [0.2, 0.25) is 0 Å². The third kappa shape index (κ3) is 4.10. The average molecular weight is 278 g/mol. The van der Waals surface area contributed by atoms with Crippen molar-refractivity contribution in [2.75, 3.05) is 25.5 Å². The standard InChI is InChI=1S/C15H22N2OS/c1-3-10-17(11-12-8-9-12)15(19)16-13-6-4-5-7-14(13)18-2/h4-7,12H,3,8-11H2,1-2H3,(H,16,19). The second-order valence-corrected chi connectivity index (χ2v) is 5.41. The number of nitrogens with one attached hydrogen (secondary N) is 1. The Hall–Kier alpha value is -1.29. The lowest BCUT2D eigenvalue weighted by Crippen LogP contribution is -2.36. The molecule has 3 nitrogen and oxygen atoms in total. The van der Waals surface area contributed by atoms with Crippen LogP contribution < -0.4 is 10.1 Å². The second-order valence-electron chi connectivity index (χ2n) is 5.02. The Morgan fingerprint density at radius 1 is 1.42 bits per heavy atom. The third-order valence-corrected chi connectivity index (χ3v) is 3.67. The molecule has 0 radical (unpaired) electrons. The molecule has 2 rings (SSSR count). The Kier molecular flexibility index (Phi) is 5.02. The van der Waals surface area contributed by atoms with Gasteiger partial charge in [0, 0.05) is 13.1 Å². The van der Waals surface area contributed by atoms with E-state index in [1.54, 1.807) is 7.11 Å². The summed E-state index contributed by atoms with van der Waals surface area (Å²) in [6, 6.07) is 7.88. The number of rotatable bonds is 6. The highest BCUT2D eigenvalue weighted by Gasteiger charge is 2.25. The molecule has 0 atom stereocenters. The molecule has 1 aliphatic carbocycles. The Morgan fingerprint density at radius 3 is 2.79 bits per heavy atom. The van der Waals surface area contributed by atoms with Crippen molar-refractivity contribution in [3.63, 3.8) is 0 Å². The number of para-hydroxylation sites is 2. The van der Waals surface area contributed by atoms with Crippen LogP contribution in [-0.2, 0) is 0 Å². The van der Waals surface area contributed by atoms with Gasteiger partial charge in [0.1, 0.15) is 5.75 Å². The first kappa shape index (κ1) is 14.1. The van der Waals surface area contributed by atoms with Crippen LogP contribution >= 0.6 is 12.2 Å². The summed E-state index contributed by atoms with van der Waals surface area (Å²) in [6.07, 6.45) is 3.80. The van der Waals surface area contributed by atoms with E-state index in [1.165, 1.54) is 12.8 Å². The fraction of sp³-hybridized carbons (Fsp3) is 0.533. The number of hydrogen-bond donors (Lipinski definition) is 1. The zero-order valence-electron chi connectivity index (χ0n) is 11.7. The molecule has 0 bridgehead atoms. The van der Waals surface area contributed by atoms with E-state index in [0.717, 1.165) is 42.0 Å². The summed E-state index contributed by atoms with van der Waals surface area (Å²) in [5.74, 6) is 1.66. The van der Waals surface area contributed by atoms with Crippen molar-refractivity contribution >= 4 is 23.0 Å². The van der Waals surface area contributed by atoms with Crippen LogP contribution in [0.1, 0.15) is 26.2 Å². The Labute approximate surface area is 120 Å². The van der Waals surface area contributed by atoms with Gasteiger partial charge in [0.05, 0.1) is 12.8 Å². The number of methoxy groups -OCH3 is 1. The van der Waals surface area contributed by atoms with Gasteiger partial charge in [-0.05, 0) is 49.5 Å². The molecule has 104 valence electrons. The molecule has 0 saturated heterocycles. The average Bonchev–Trinajstić information content (AvgIpc) is 3.23. The molecule has 0 unspecified atom stereocenters.